The lowest BCUT2D eigenvalue weighted by Crippen LogP contribution is -2.38. The summed E-state index contributed by atoms with van der Waals surface area (Å²) in [6, 6.07) is 10.3. The van der Waals surface area contributed by atoms with Gasteiger partial charge in [0.05, 0.1) is 32.4 Å². The highest BCUT2D eigenvalue weighted by Gasteiger charge is 2.37. The fraction of sp³-hybridized carbons (Fsp3) is 0.400. The van der Waals surface area contributed by atoms with E-state index in [4.69, 9.17) is 18.9 Å². The van der Waals surface area contributed by atoms with Crippen molar-refractivity contribution in [1.29, 1.82) is 0 Å². The van der Waals surface area contributed by atoms with Gasteiger partial charge in [-0.3, -0.25) is 9.69 Å². The Hall–Kier alpha value is -3.66. The quantitative estimate of drug-likeness (QED) is 0.398. The van der Waals surface area contributed by atoms with Crippen LogP contribution in [0.2, 0.25) is 0 Å². The molecule has 0 spiro atoms. The van der Waals surface area contributed by atoms with Gasteiger partial charge in [-0.25, -0.2) is 14.0 Å². The smallest absolute Gasteiger partial charge is 0.407 e. The monoisotopic (exact) mass is 489 g/mol. The molecule has 1 heterocycles. The number of ether oxygens (including phenoxy) is 4. The molecule has 3 atom stereocenters. The zero-order valence-electron chi connectivity index (χ0n) is 19.7. The largest absolute Gasteiger partial charge is 0.490 e. The molecule has 1 saturated heterocycles. The highest BCUT2D eigenvalue weighted by atomic mass is 19.1. The van der Waals surface area contributed by atoms with Gasteiger partial charge >= 0.3 is 12.1 Å². The van der Waals surface area contributed by atoms with Crippen molar-refractivity contribution in [2.75, 3.05) is 20.3 Å². The van der Waals surface area contributed by atoms with E-state index in [2.05, 4.69) is 0 Å². The molecule has 188 valence electrons. The Balaban J connectivity index is 1.79. The molecule has 2 aromatic carbocycles. The molecule has 2 aromatic rings. The van der Waals surface area contributed by atoms with Crippen molar-refractivity contribution in [2.45, 2.75) is 45.1 Å². The highest BCUT2D eigenvalue weighted by Crippen LogP contribution is 2.36. The van der Waals surface area contributed by atoms with Gasteiger partial charge in [0.15, 0.2) is 24.0 Å². The van der Waals surface area contributed by atoms with Crippen LogP contribution in [0.5, 0.6) is 11.5 Å². The number of likely N-dealkylation sites (tertiary alicyclic amines) is 1. The molecule has 1 amide bonds. The van der Waals surface area contributed by atoms with E-state index in [1.165, 1.54) is 24.8 Å². The molecule has 0 bridgehead atoms. The molecule has 0 aromatic heterocycles. The van der Waals surface area contributed by atoms with Crippen LogP contribution < -0.4 is 9.47 Å². The minimum Gasteiger partial charge on any atom is -0.490 e. The first-order chi connectivity index (χ1) is 16.7. The van der Waals surface area contributed by atoms with Gasteiger partial charge in [0.2, 0.25) is 0 Å². The first-order valence-corrected chi connectivity index (χ1v) is 11.1. The van der Waals surface area contributed by atoms with Gasteiger partial charge < -0.3 is 24.1 Å². The van der Waals surface area contributed by atoms with Crippen molar-refractivity contribution in [2.24, 2.45) is 0 Å². The number of nitrogens with zero attached hydrogens (tertiary/aromatic N) is 1. The Morgan fingerprint density at radius 1 is 1.29 bits per heavy atom. The summed E-state index contributed by atoms with van der Waals surface area (Å²) >= 11 is 0. The Bertz CT molecular complexity index is 1060. The lowest BCUT2D eigenvalue weighted by Gasteiger charge is -2.23. The minimum atomic E-state index is -1.13. The zero-order valence-corrected chi connectivity index (χ0v) is 19.7. The van der Waals surface area contributed by atoms with Gasteiger partial charge in [-0.2, -0.15) is 0 Å². The molecule has 10 heteroatoms. The van der Waals surface area contributed by atoms with Crippen LogP contribution >= 0.6 is 0 Å². The summed E-state index contributed by atoms with van der Waals surface area (Å²) in [6.07, 6.45) is -1.66. The van der Waals surface area contributed by atoms with Crippen molar-refractivity contribution in [3.05, 3.63) is 58.9 Å². The van der Waals surface area contributed by atoms with Crippen LogP contribution in [-0.4, -0.2) is 66.9 Å². The van der Waals surface area contributed by atoms with Crippen LogP contribution in [0, 0.1) is 12.7 Å². The number of carbonyl (C=O) groups excluding carboxylic acids is 2. The number of benzene rings is 2. The third-order valence-electron chi connectivity index (χ3n) is 5.63. The van der Waals surface area contributed by atoms with Crippen LogP contribution in [0.25, 0.3) is 0 Å². The van der Waals surface area contributed by atoms with Gasteiger partial charge in [0.25, 0.3) is 0 Å². The van der Waals surface area contributed by atoms with Crippen LogP contribution in [0.15, 0.2) is 36.4 Å². The van der Waals surface area contributed by atoms with E-state index < -0.39 is 35.8 Å². The molecular weight excluding hydrogens is 461 g/mol. The maximum atomic E-state index is 14.8. The molecule has 0 aliphatic carbocycles. The Kier molecular flexibility index (Phi) is 8.64. The van der Waals surface area contributed by atoms with E-state index >= 15 is 0 Å². The van der Waals surface area contributed by atoms with Crippen LogP contribution in [-0.2, 0) is 20.9 Å². The number of halogens is 1. The molecule has 1 aliphatic rings. The van der Waals surface area contributed by atoms with Gasteiger partial charge in [-0.15, -0.1) is 0 Å². The molecule has 0 unspecified atom stereocenters. The Labute approximate surface area is 202 Å². The zero-order chi connectivity index (χ0) is 25.5. The summed E-state index contributed by atoms with van der Waals surface area (Å²) in [4.78, 5) is 36.5. The summed E-state index contributed by atoms with van der Waals surface area (Å²) in [6.45, 7) is 3.23. The number of hydrogen-bond acceptors (Lipinski definition) is 7. The summed E-state index contributed by atoms with van der Waals surface area (Å²) in [5.41, 5.74) is 0.767. The third kappa shape index (κ3) is 6.27. The minimum absolute atomic E-state index is 0.0390. The first-order valence-electron chi connectivity index (χ1n) is 11.1. The molecule has 3 rings (SSSR count). The van der Waals surface area contributed by atoms with Crippen LogP contribution in [0.4, 0.5) is 9.18 Å². The molecule has 9 nitrogen and oxygen atoms in total. The number of aldehydes is 1. The van der Waals surface area contributed by atoms with Gasteiger partial charge in [-0.05, 0) is 37.5 Å². The average molecular weight is 489 g/mol. The summed E-state index contributed by atoms with van der Waals surface area (Å²) in [5.74, 6) is -2.24. The normalized spacial score (nSPS) is 18.1. The number of carboxylic acid groups (broad SMARTS) is 1. The molecule has 0 saturated carbocycles. The average Bonchev–Trinajstić information content (AvgIpc) is 3.28. The van der Waals surface area contributed by atoms with Gasteiger partial charge in [0, 0.05) is 0 Å². The molecule has 0 radical (unpaired) electrons. The fourth-order valence-electron chi connectivity index (χ4n) is 3.83. The van der Waals surface area contributed by atoms with Gasteiger partial charge in [-0.1, -0.05) is 30.3 Å². The number of hydrogen-bond donors (Lipinski definition) is 1. The third-order valence-corrected chi connectivity index (χ3v) is 5.63. The van der Waals surface area contributed by atoms with Crippen molar-refractivity contribution in [1.82, 2.24) is 4.90 Å². The molecule has 1 N–H and O–H groups in total. The topological polar surface area (TPSA) is 112 Å². The number of esters is 1. The maximum absolute atomic E-state index is 14.8. The molecule has 1 fully saturated rings. The second-order valence-electron chi connectivity index (χ2n) is 8.21. The number of rotatable bonds is 10. The van der Waals surface area contributed by atoms with E-state index in [9.17, 15) is 23.9 Å². The predicted octanol–water partition coefficient (Wildman–Crippen LogP) is 3.60. The maximum Gasteiger partial charge on any atom is 0.407 e. The predicted molar refractivity (Wildman–Crippen MR) is 122 cm³/mol. The lowest BCUT2D eigenvalue weighted by molar-refractivity contribution is -0.113. The molecular formula is C25H28FNO8. The van der Waals surface area contributed by atoms with E-state index in [1.54, 1.807) is 0 Å². The number of carbonyl (C=O) groups is 3. The van der Waals surface area contributed by atoms with Crippen molar-refractivity contribution in [3.8, 4) is 11.5 Å². The van der Waals surface area contributed by atoms with Crippen molar-refractivity contribution in [3.63, 3.8) is 0 Å². The van der Waals surface area contributed by atoms with Crippen molar-refractivity contribution >= 4 is 18.3 Å². The van der Waals surface area contributed by atoms with Gasteiger partial charge in [0.1, 0.15) is 17.9 Å². The molecule has 1 aliphatic heterocycles. The lowest BCUT2D eigenvalue weighted by atomic mass is 10.1. The van der Waals surface area contributed by atoms with E-state index in [0.29, 0.717) is 19.3 Å². The summed E-state index contributed by atoms with van der Waals surface area (Å²) < 4.78 is 36.7. The number of methoxy groups -OCH3 is 1. The van der Waals surface area contributed by atoms with E-state index in [1.807, 2.05) is 30.3 Å². The number of amides is 1. The van der Waals surface area contributed by atoms with Crippen LogP contribution in [0.3, 0.4) is 0 Å². The van der Waals surface area contributed by atoms with E-state index in [0.717, 1.165) is 12.7 Å². The Morgan fingerprint density at radius 3 is 2.63 bits per heavy atom. The second kappa shape index (κ2) is 11.7. The fourth-order valence-corrected chi connectivity index (χ4v) is 3.83. The Morgan fingerprint density at radius 2 is 2.00 bits per heavy atom. The number of aryl methyl sites for hydroxylation is 1. The standard InChI is InChI=1S/C25H28FNO8/c1-15-9-20(21(24(29)32-3)23(22(15)26)35-16(2)12-28)34-14-18-10-19(11-27(18)25(30)31)33-13-17-7-5-4-6-8-17/h4-9,12,16,18-19H,10-11,13-14H2,1-3H3,(H,30,31)/t16-,18-,19+/m1/s1. The second-order valence-corrected chi connectivity index (χ2v) is 8.21. The van der Waals surface area contributed by atoms with E-state index in [-0.39, 0.29) is 36.1 Å². The van der Waals surface area contributed by atoms with Crippen molar-refractivity contribution < 1.29 is 42.8 Å². The SMILES string of the molecule is COC(=O)c1c(OC[C@H]2C[C@H](OCc3ccccc3)CN2C(=O)O)cc(C)c(F)c1O[C@H](C)C=O. The van der Waals surface area contributed by atoms with Crippen LogP contribution in [0.1, 0.15) is 34.8 Å². The molecule has 35 heavy (non-hydrogen) atoms. The summed E-state index contributed by atoms with van der Waals surface area (Å²) in [5, 5.41) is 9.65. The summed E-state index contributed by atoms with van der Waals surface area (Å²) in [7, 11) is 1.12. The first kappa shape index (κ1) is 26.0. The highest BCUT2D eigenvalue weighted by molar-refractivity contribution is 5.96.